The summed E-state index contributed by atoms with van der Waals surface area (Å²) in [7, 11) is 0. The van der Waals surface area contributed by atoms with Crippen molar-refractivity contribution in [2.75, 3.05) is 31.1 Å². The van der Waals surface area contributed by atoms with E-state index in [1.54, 1.807) is 12.1 Å². The highest BCUT2D eigenvalue weighted by Crippen LogP contribution is 2.44. The third-order valence-electron chi connectivity index (χ3n) is 10.7. The van der Waals surface area contributed by atoms with Crippen LogP contribution < -0.4 is 9.64 Å². The molecule has 45 heavy (non-hydrogen) atoms. The minimum atomic E-state index is -0.891. The van der Waals surface area contributed by atoms with Crippen LogP contribution in [0.4, 0.5) is 19.0 Å². The lowest BCUT2D eigenvalue weighted by molar-refractivity contribution is 0.107. The molecule has 8 rings (SSSR count). The van der Waals surface area contributed by atoms with Gasteiger partial charge in [-0.3, -0.25) is 4.90 Å². The van der Waals surface area contributed by atoms with E-state index in [4.69, 9.17) is 19.7 Å². The minimum absolute atomic E-state index is 0.0306. The van der Waals surface area contributed by atoms with Gasteiger partial charge in [0.2, 0.25) is 0 Å². The lowest BCUT2D eigenvalue weighted by Gasteiger charge is -2.32. The number of alkyl halides is 1. The molecule has 0 amide bonds. The Hall–Kier alpha value is -3.66. The van der Waals surface area contributed by atoms with Crippen LogP contribution >= 0.6 is 0 Å². The van der Waals surface area contributed by atoms with Crippen molar-refractivity contribution >= 4 is 27.5 Å². The maximum atomic E-state index is 17.0. The third-order valence-corrected chi connectivity index (χ3v) is 10.7. The van der Waals surface area contributed by atoms with Crippen LogP contribution in [0.15, 0.2) is 24.3 Å². The molecule has 4 aliphatic heterocycles. The van der Waals surface area contributed by atoms with Crippen molar-refractivity contribution in [3.8, 4) is 23.0 Å². The van der Waals surface area contributed by atoms with Crippen LogP contribution in [-0.4, -0.2) is 69.0 Å². The number of phenolic OH excluding ortho intramolecular Hbond substituents is 1. The van der Waals surface area contributed by atoms with Crippen molar-refractivity contribution in [2.45, 2.75) is 88.9 Å². The highest BCUT2D eigenvalue weighted by Gasteiger charge is 2.49. The van der Waals surface area contributed by atoms with Gasteiger partial charge in [-0.2, -0.15) is 9.97 Å². The number of aromatic nitrogens is 3. The molecule has 3 saturated heterocycles. The van der Waals surface area contributed by atoms with Gasteiger partial charge in [0.25, 0.3) is 0 Å². The van der Waals surface area contributed by atoms with E-state index in [9.17, 15) is 9.50 Å². The molecule has 4 aromatic rings. The zero-order valence-corrected chi connectivity index (χ0v) is 25.6. The van der Waals surface area contributed by atoms with Crippen LogP contribution in [0.5, 0.6) is 11.8 Å². The number of benzene rings is 2. The number of aryl methyl sites for hydroxylation is 2. The lowest BCUT2D eigenvalue weighted by atomic mass is 9.94. The molecule has 0 bridgehead atoms. The second-order valence-corrected chi connectivity index (χ2v) is 13.3. The van der Waals surface area contributed by atoms with Gasteiger partial charge in [-0.1, -0.05) is 25.8 Å². The Morgan fingerprint density at radius 1 is 1.02 bits per heavy atom. The normalized spacial score (nSPS) is 24.9. The van der Waals surface area contributed by atoms with Gasteiger partial charge in [-0.25, -0.2) is 18.2 Å². The van der Waals surface area contributed by atoms with Crippen LogP contribution in [0.25, 0.3) is 32.9 Å². The van der Waals surface area contributed by atoms with Gasteiger partial charge < -0.3 is 14.7 Å². The third kappa shape index (κ3) is 4.70. The Kier molecular flexibility index (Phi) is 7.04. The monoisotopic (exact) mass is 617 g/mol. The predicted octanol–water partition coefficient (Wildman–Crippen LogP) is 7.04. The van der Waals surface area contributed by atoms with Gasteiger partial charge in [-0.15, -0.1) is 0 Å². The van der Waals surface area contributed by atoms with Gasteiger partial charge in [0.05, 0.1) is 16.6 Å². The molecule has 0 aliphatic carbocycles. The molecule has 0 unspecified atom stereocenters. The Bertz CT molecular complexity index is 1820. The highest BCUT2D eigenvalue weighted by atomic mass is 19.1. The zero-order valence-electron chi connectivity index (χ0n) is 25.6. The number of rotatable bonds is 5. The number of phenols is 1. The Morgan fingerprint density at radius 2 is 1.91 bits per heavy atom. The van der Waals surface area contributed by atoms with Crippen molar-refractivity contribution in [2.24, 2.45) is 0 Å². The SMILES string of the molecule is CCc1c(F)ccc2cc(O)cc(-c3nc4c5c(nc(OC[C@@]67CCCN6C[C@H](F)C7)nc5c3F)N3CCCCC[C@H]3CC4)c12. The molecule has 2 aromatic carbocycles. The molecular weight excluding hydrogens is 579 g/mol. The van der Waals surface area contributed by atoms with Crippen molar-refractivity contribution in [1.82, 2.24) is 19.9 Å². The summed E-state index contributed by atoms with van der Waals surface area (Å²) in [6.07, 6.45) is 7.47. The number of pyridine rings is 1. The van der Waals surface area contributed by atoms with Gasteiger partial charge in [-0.05, 0) is 86.0 Å². The fourth-order valence-corrected chi connectivity index (χ4v) is 8.58. The first-order valence-electron chi connectivity index (χ1n) is 16.5. The highest BCUT2D eigenvalue weighted by molar-refractivity contribution is 6.02. The number of hydrogen-bond acceptors (Lipinski definition) is 7. The van der Waals surface area contributed by atoms with Crippen LogP contribution in [0.1, 0.15) is 69.5 Å². The maximum Gasteiger partial charge on any atom is 0.319 e. The molecule has 0 saturated carbocycles. The Balaban J connectivity index is 1.33. The van der Waals surface area contributed by atoms with Gasteiger partial charge >= 0.3 is 6.01 Å². The molecule has 10 heteroatoms. The van der Waals surface area contributed by atoms with E-state index in [0.717, 1.165) is 58.0 Å². The molecule has 6 heterocycles. The van der Waals surface area contributed by atoms with Crippen LogP contribution in [-0.2, 0) is 12.8 Å². The number of fused-ring (bicyclic) bond motifs is 4. The zero-order chi connectivity index (χ0) is 30.9. The second-order valence-electron chi connectivity index (χ2n) is 13.3. The summed E-state index contributed by atoms with van der Waals surface area (Å²) in [5.74, 6) is -0.447. The molecular formula is C35H38F3N5O2. The topological polar surface area (TPSA) is 74.6 Å². The second kappa shape index (κ2) is 11.0. The van der Waals surface area contributed by atoms with Crippen molar-refractivity contribution in [3.63, 3.8) is 0 Å². The summed E-state index contributed by atoms with van der Waals surface area (Å²) >= 11 is 0. The number of aromatic hydroxyl groups is 1. The molecule has 3 atom stereocenters. The van der Waals surface area contributed by atoms with Crippen LogP contribution in [0, 0.1) is 11.6 Å². The lowest BCUT2D eigenvalue weighted by Crippen LogP contribution is -2.43. The molecule has 7 nitrogen and oxygen atoms in total. The molecule has 2 aromatic heterocycles. The summed E-state index contributed by atoms with van der Waals surface area (Å²) in [4.78, 5) is 19.0. The smallest absolute Gasteiger partial charge is 0.319 e. The van der Waals surface area contributed by atoms with E-state index in [-0.39, 0.29) is 41.4 Å². The number of ether oxygens (including phenoxy) is 1. The van der Waals surface area contributed by atoms with E-state index in [2.05, 4.69) is 9.80 Å². The maximum absolute atomic E-state index is 17.0. The van der Waals surface area contributed by atoms with Gasteiger partial charge in [0.1, 0.15) is 41.4 Å². The molecule has 0 radical (unpaired) electrons. The quantitative estimate of drug-likeness (QED) is 0.258. The molecule has 236 valence electrons. The number of halogens is 3. The molecule has 3 fully saturated rings. The largest absolute Gasteiger partial charge is 0.508 e. The summed E-state index contributed by atoms with van der Waals surface area (Å²) in [6.45, 7) is 4.15. The summed E-state index contributed by atoms with van der Waals surface area (Å²) < 4.78 is 52.9. The average molecular weight is 618 g/mol. The first-order valence-corrected chi connectivity index (χ1v) is 16.5. The molecule has 1 N–H and O–H groups in total. The number of nitrogens with zero attached hydrogens (tertiary/aromatic N) is 5. The minimum Gasteiger partial charge on any atom is -0.508 e. The molecule has 4 aliphatic rings. The Morgan fingerprint density at radius 3 is 2.78 bits per heavy atom. The summed E-state index contributed by atoms with van der Waals surface area (Å²) in [5, 5.41) is 12.4. The fourth-order valence-electron chi connectivity index (χ4n) is 8.58. The fraction of sp³-hybridized carbons (Fsp3) is 0.514. The average Bonchev–Trinajstić information content (AvgIpc) is 3.38. The van der Waals surface area contributed by atoms with Crippen molar-refractivity contribution in [3.05, 3.63) is 47.2 Å². The van der Waals surface area contributed by atoms with E-state index in [1.807, 2.05) is 6.92 Å². The Labute approximate surface area is 260 Å². The summed E-state index contributed by atoms with van der Waals surface area (Å²) in [6, 6.07) is 6.32. The van der Waals surface area contributed by atoms with Crippen LogP contribution in [0.3, 0.4) is 0 Å². The predicted molar refractivity (Wildman–Crippen MR) is 168 cm³/mol. The number of hydrogen-bond donors (Lipinski definition) is 1. The van der Waals surface area contributed by atoms with Crippen molar-refractivity contribution < 1.29 is 23.0 Å². The van der Waals surface area contributed by atoms with E-state index in [1.165, 1.54) is 12.1 Å². The first-order chi connectivity index (χ1) is 21.8. The standard InChI is InChI=1S/C35H38F3N5O2/c1-2-24-26(37)10-8-20-15-23(44)16-25(28(20)24)31-30(38)32-29-27(39-31)11-9-22-7-4-3-5-14-43(22)33(29)41-34(40-32)45-19-35-12-6-13-42(35)18-21(36)17-35/h8,10,15-16,21-22,44H,2-7,9,11-14,17-19H2,1H3/t21-,22+,35+/m1/s1. The van der Waals surface area contributed by atoms with Gasteiger partial charge in [0.15, 0.2) is 5.82 Å². The van der Waals surface area contributed by atoms with E-state index in [0.29, 0.717) is 64.6 Å². The van der Waals surface area contributed by atoms with Crippen molar-refractivity contribution in [1.29, 1.82) is 0 Å². The summed E-state index contributed by atoms with van der Waals surface area (Å²) in [5.41, 5.74) is 1.21. The van der Waals surface area contributed by atoms with E-state index < -0.39 is 17.5 Å². The van der Waals surface area contributed by atoms with E-state index >= 15 is 8.78 Å². The van der Waals surface area contributed by atoms with Crippen LogP contribution in [0.2, 0.25) is 0 Å². The first kappa shape index (κ1) is 28.8. The molecule has 0 spiro atoms. The van der Waals surface area contributed by atoms with Gasteiger partial charge in [0, 0.05) is 31.1 Å². The number of anilines is 1.